The van der Waals surface area contributed by atoms with E-state index in [1.807, 2.05) is 0 Å². The predicted molar refractivity (Wildman–Crippen MR) is 181 cm³/mol. The van der Waals surface area contributed by atoms with Crippen LogP contribution in [0.3, 0.4) is 0 Å². The Morgan fingerprint density at radius 3 is 1.20 bits per heavy atom. The van der Waals surface area contributed by atoms with Gasteiger partial charge in [-0.3, -0.25) is 9.98 Å². The topological polar surface area (TPSA) is 24.7 Å². The molecule has 0 N–H and O–H groups in total. The van der Waals surface area contributed by atoms with Gasteiger partial charge < -0.3 is 0 Å². The van der Waals surface area contributed by atoms with Gasteiger partial charge in [0.2, 0.25) is 0 Å². The van der Waals surface area contributed by atoms with Crippen molar-refractivity contribution in [3.05, 3.63) is 58.7 Å². The first-order valence-electron chi connectivity index (χ1n) is 17.0. The fourth-order valence-corrected chi connectivity index (χ4v) is 5.68. The maximum atomic E-state index is 5.33. The maximum Gasteiger partial charge on any atom is 0.0636 e. The van der Waals surface area contributed by atoms with E-state index in [9.17, 15) is 0 Å². The van der Waals surface area contributed by atoms with Crippen LogP contribution < -0.4 is 0 Å². The number of aryl methyl sites for hydroxylation is 4. The molecule has 2 rings (SSSR count). The molecule has 222 valence electrons. The number of unbranched alkanes of at least 4 members (excludes halogenated alkanes) is 10. The molecule has 0 aliphatic rings. The highest BCUT2D eigenvalue weighted by Crippen LogP contribution is 2.25. The van der Waals surface area contributed by atoms with Crippen molar-refractivity contribution in [2.75, 3.05) is 0 Å². The largest absolute Gasteiger partial charge is 0.252 e. The van der Waals surface area contributed by atoms with E-state index in [4.69, 9.17) is 9.98 Å². The van der Waals surface area contributed by atoms with Crippen LogP contribution in [-0.4, -0.2) is 11.4 Å². The smallest absolute Gasteiger partial charge is 0.0636 e. The van der Waals surface area contributed by atoms with Gasteiger partial charge in [-0.25, -0.2) is 0 Å². The van der Waals surface area contributed by atoms with E-state index in [1.165, 1.54) is 104 Å². The highest BCUT2D eigenvalue weighted by Gasteiger charge is 2.12. The van der Waals surface area contributed by atoms with Gasteiger partial charge in [0.25, 0.3) is 0 Å². The van der Waals surface area contributed by atoms with Crippen LogP contribution in [0.25, 0.3) is 0 Å². The molecule has 0 saturated carbocycles. The Hall–Kier alpha value is -2.22. The second-order valence-electron chi connectivity index (χ2n) is 11.5. The first kappa shape index (κ1) is 34.0. The molecule has 0 saturated heterocycles. The van der Waals surface area contributed by atoms with E-state index in [2.05, 4.69) is 77.9 Å². The Labute approximate surface area is 248 Å². The molecule has 0 amide bonds. The van der Waals surface area contributed by atoms with Gasteiger partial charge in [-0.2, -0.15) is 0 Å². The minimum absolute atomic E-state index is 0.998. The van der Waals surface area contributed by atoms with Gasteiger partial charge in [0.1, 0.15) is 0 Å². The number of hydrogen-bond donors (Lipinski definition) is 0. The number of aliphatic imine (C=N–C) groups is 2. The van der Waals surface area contributed by atoms with Gasteiger partial charge in [-0.05, 0) is 97.9 Å². The van der Waals surface area contributed by atoms with Crippen LogP contribution in [0.1, 0.15) is 154 Å². The molecule has 2 heteroatoms. The van der Waals surface area contributed by atoms with E-state index in [0.29, 0.717) is 0 Å². The third-order valence-electron chi connectivity index (χ3n) is 8.30. The molecule has 2 nitrogen and oxygen atoms in total. The molecule has 0 bridgehead atoms. The zero-order valence-electron chi connectivity index (χ0n) is 27.1. The summed E-state index contributed by atoms with van der Waals surface area (Å²) in [4.78, 5) is 10.6. The van der Waals surface area contributed by atoms with Crippen LogP contribution in [0.4, 0.5) is 11.4 Å². The Bertz CT molecular complexity index is 1030. The summed E-state index contributed by atoms with van der Waals surface area (Å²) in [5.74, 6) is 0. The molecule has 0 radical (unpaired) electrons. The Morgan fingerprint density at radius 1 is 0.425 bits per heavy atom. The van der Waals surface area contributed by atoms with E-state index < -0.39 is 0 Å². The van der Waals surface area contributed by atoms with Crippen LogP contribution in [0, 0.1) is 0 Å². The second-order valence-corrected chi connectivity index (χ2v) is 11.5. The molecule has 2 aromatic rings. The van der Waals surface area contributed by atoms with Gasteiger partial charge in [0.15, 0.2) is 0 Å². The van der Waals surface area contributed by atoms with Crippen molar-refractivity contribution in [1.29, 1.82) is 0 Å². The van der Waals surface area contributed by atoms with Crippen LogP contribution in [0.5, 0.6) is 0 Å². The summed E-state index contributed by atoms with van der Waals surface area (Å²) in [6.45, 7) is 13.6. The molecule has 0 spiro atoms. The molecule has 40 heavy (non-hydrogen) atoms. The minimum Gasteiger partial charge on any atom is -0.252 e. The standard InChI is InChI=1S/C38H60N2/c1-7-13-15-16-17-18-19-20-21-22-24-38(40-36-28-26-32(10-4)34(12-6)30-36)37(23-14-8-2)39-35-27-25-31(9-3)33(11-5)29-35/h25-30H,7-24H2,1-6H3. The van der Waals surface area contributed by atoms with E-state index in [1.54, 1.807) is 0 Å². The van der Waals surface area contributed by atoms with Crippen LogP contribution in [0.2, 0.25) is 0 Å². The molecule has 0 aliphatic heterocycles. The van der Waals surface area contributed by atoms with Crippen LogP contribution in [-0.2, 0) is 25.7 Å². The predicted octanol–water partition coefficient (Wildman–Crippen LogP) is 12.3. The molecule has 0 atom stereocenters. The highest BCUT2D eigenvalue weighted by molar-refractivity contribution is 6.43. The Morgan fingerprint density at radius 2 is 0.800 bits per heavy atom. The van der Waals surface area contributed by atoms with Crippen LogP contribution >= 0.6 is 0 Å². The van der Waals surface area contributed by atoms with Gasteiger partial charge >= 0.3 is 0 Å². The quantitative estimate of drug-likeness (QED) is 0.110. The van der Waals surface area contributed by atoms with Crippen molar-refractivity contribution < 1.29 is 0 Å². The monoisotopic (exact) mass is 544 g/mol. The lowest BCUT2D eigenvalue weighted by molar-refractivity contribution is 0.559. The summed E-state index contributed by atoms with van der Waals surface area (Å²) >= 11 is 0. The average Bonchev–Trinajstić information content (AvgIpc) is 2.99. The van der Waals surface area contributed by atoms with E-state index in [0.717, 1.165) is 56.3 Å². The molecular weight excluding hydrogens is 484 g/mol. The number of rotatable bonds is 21. The van der Waals surface area contributed by atoms with Crippen LogP contribution in [0.15, 0.2) is 46.4 Å². The van der Waals surface area contributed by atoms with Crippen molar-refractivity contribution >= 4 is 22.8 Å². The lowest BCUT2D eigenvalue weighted by atomic mass is 9.99. The normalized spacial score (nSPS) is 12.3. The van der Waals surface area contributed by atoms with Gasteiger partial charge in [0.05, 0.1) is 22.8 Å². The third kappa shape index (κ3) is 12.1. The molecule has 2 aromatic carbocycles. The summed E-state index contributed by atoms with van der Waals surface area (Å²) in [7, 11) is 0. The lowest BCUT2D eigenvalue weighted by Crippen LogP contribution is -2.14. The van der Waals surface area contributed by atoms with Gasteiger partial charge in [-0.1, -0.05) is 118 Å². The maximum absolute atomic E-state index is 5.33. The van der Waals surface area contributed by atoms with Crippen molar-refractivity contribution in [3.8, 4) is 0 Å². The van der Waals surface area contributed by atoms with Gasteiger partial charge in [0, 0.05) is 0 Å². The summed E-state index contributed by atoms with van der Waals surface area (Å²) in [5.41, 5.74) is 10.3. The average molecular weight is 545 g/mol. The second kappa shape index (κ2) is 20.6. The molecule has 0 aliphatic carbocycles. The molecule has 0 unspecified atom stereocenters. The Kier molecular flexibility index (Phi) is 17.5. The fourth-order valence-electron chi connectivity index (χ4n) is 5.68. The van der Waals surface area contributed by atoms with Crippen molar-refractivity contribution in [2.45, 2.75) is 157 Å². The summed E-state index contributed by atoms with van der Waals surface area (Å²) < 4.78 is 0. The zero-order chi connectivity index (χ0) is 29.0. The number of hydrogen-bond acceptors (Lipinski definition) is 2. The Balaban J connectivity index is 2.27. The number of benzene rings is 2. The summed E-state index contributed by atoms with van der Waals surface area (Å²) in [6, 6.07) is 13.6. The number of nitrogens with zero attached hydrogens (tertiary/aromatic N) is 2. The highest BCUT2D eigenvalue weighted by atomic mass is 14.8. The molecule has 0 fully saturated rings. The summed E-state index contributed by atoms with van der Waals surface area (Å²) in [6.07, 6.45) is 22.2. The zero-order valence-corrected chi connectivity index (χ0v) is 27.1. The minimum atomic E-state index is 0.998. The summed E-state index contributed by atoms with van der Waals surface area (Å²) in [5, 5.41) is 0. The van der Waals surface area contributed by atoms with Crippen molar-refractivity contribution in [1.82, 2.24) is 0 Å². The third-order valence-corrected chi connectivity index (χ3v) is 8.30. The van der Waals surface area contributed by atoms with E-state index >= 15 is 0 Å². The van der Waals surface area contributed by atoms with Gasteiger partial charge in [-0.15, -0.1) is 0 Å². The molecular formula is C38H60N2. The van der Waals surface area contributed by atoms with Crippen molar-refractivity contribution in [2.24, 2.45) is 9.98 Å². The van der Waals surface area contributed by atoms with E-state index in [-0.39, 0.29) is 0 Å². The molecule has 0 aromatic heterocycles. The lowest BCUT2D eigenvalue weighted by Gasteiger charge is -2.13. The first-order valence-corrected chi connectivity index (χ1v) is 17.0. The first-order chi connectivity index (χ1) is 19.6. The molecule has 0 heterocycles. The van der Waals surface area contributed by atoms with Crippen molar-refractivity contribution in [3.63, 3.8) is 0 Å². The fraction of sp³-hybridized carbons (Fsp3) is 0.632. The SMILES string of the molecule is CCCCCCCCCCCCC(=Nc1ccc(CC)c(CC)c1)C(CCCC)=Nc1ccc(CC)c(CC)c1.